The molecule has 0 heterocycles. The monoisotopic (exact) mass is 257 g/mol. The van der Waals surface area contributed by atoms with Crippen LogP contribution in [0.2, 0.25) is 0 Å². The average molecular weight is 257 g/mol. The smallest absolute Gasteiger partial charge is 0.0237 e. The van der Waals surface area contributed by atoms with E-state index in [2.05, 4.69) is 51.7 Å². The summed E-state index contributed by atoms with van der Waals surface area (Å²) in [5, 5.41) is 4.64. The van der Waals surface area contributed by atoms with E-state index in [9.17, 15) is 0 Å². The molecule has 0 saturated heterocycles. The SMILES string of the molecule is CCCNC1C(SCC(C)C)CCCC1(C)C. The van der Waals surface area contributed by atoms with Crippen molar-refractivity contribution in [3.8, 4) is 0 Å². The Morgan fingerprint density at radius 1 is 1.35 bits per heavy atom. The van der Waals surface area contributed by atoms with E-state index < -0.39 is 0 Å². The molecule has 17 heavy (non-hydrogen) atoms. The standard InChI is InChI=1S/C15H31NS/c1-6-10-16-14-13(17-11-12(2)3)8-7-9-15(14,4)5/h12-14,16H,6-11H2,1-5H3. The molecule has 0 aliphatic heterocycles. The van der Waals surface area contributed by atoms with Crippen LogP contribution in [0.25, 0.3) is 0 Å². The molecule has 1 N–H and O–H groups in total. The summed E-state index contributed by atoms with van der Waals surface area (Å²) in [6.45, 7) is 13.0. The highest BCUT2D eigenvalue weighted by atomic mass is 32.2. The zero-order valence-electron chi connectivity index (χ0n) is 12.4. The fourth-order valence-electron chi connectivity index (χ4n) is 2.79. The van der Waals surface area contributed by atoms with Crippen LogP contribution in [0.15, 0.2) is 0 Å². The molecule has 0 spiro atoms. The minimum absolute atomic E-state index is 0.474. The molecule has 0 aromatic rings. The van der Waals surface area contributed by atoms with E-state index in [1.807, 2.05) is 0 Å². The first-order valence-corrected chi connectivity index (χ1v) is 8.37. The van der Waals surface area contributed by atoms with E-state index in [0.717, 1.165) is 11.2 Å². The fraction of sp³-hybridized carbons (Fsp3) is 1.00. The van der Waals surface area contributed by atoms with Crippen LogP contribution < -0.4 is 5.32 Å². The maximum Gasteiger partial charge on any atom is 0.0237 e. The maximum atomic E-state index is 3.81. The molecule has 2 heteroatoms. The zero-order valence-corrected chi connectivity index (χ0v) is 13.2. The van der Waals surface area contributed by atoms with Gasteiger partial charge in [-0.05, 0) is 42.9 Å². The first-order valence-electron chi connectivity index (χ1n) is 7.32. The highest BCUT2D eigenvalue weighted by molar-refractivity contribution is 7.99. The normalized spacial score (nSPS) is 28.6. The quantitative estimate of drug-likeness (QED) is 0.760. The van der Waals surface area contributed by atoms with E-state index in [1.165, 1.54) is 38.0 Å². The van der Waals surface area contributed by atoms with Crippen molar-refractivity contribution in [3.05, 3.63) is 0 Å². The van der Waals surface area contributed by atoms with Crippen molar-refractivity contribution in [2.45, 2.75) is 71.6 Å². The van der Waals surface area contributed by atoms with Crippen LogP contribution in [-0.2, 0) is 0 Å². The van der Waals surface area contributed by atoms with E-state index in [-0.39, 0.29) is 0 Å². The Kier molecular flexibility index (Phi) is 6.36. The first kappa shape index (κ1) is 15.4. The maximum absolute atomic E-state index is 3.81. The third kappa shape index (κ3) is 4.82. The van der Waals surface area contributed by atoms with Gasteiger partial charge in [0.1, 0.15) is 0 Å². The summed E-state index contributed by atoms with van der Waals surface area (Å²) >= 11 is 2.20. The minimum atomic E-state index is 0.474. The second kappa shape index (κ2) is 7.04. The van der Waals surface area contributed by atoms with Crippen molar-refractivity contribution in [2.75, 3.05) is 12.3 Å². The van der Waals surface area contributed by atoms with Crippen LogP contribution >= 0.6 is 11.8 Å². The lowest BCUT2D eigenvalue weighted by atomic mass is 9.73. The van der Waals surface area contributed by atoms with Gasteiger partial charge in [0.05, 0.1) is 0 Å². The van der Waals surface area contributed by atoms with Gasteiger partial charge in [0.15, 0.2) is 0 Å². The van der Waals surface area contributed by atoms with Crippen molar-refractivity contribution in [1.29, 1.82) is 0 Å². The predicted molar refractivity (Wildman–Crippen MR) is 80.8 cm³/mol. The van der Waals surface area contributed by atoms with Gasteiger partial charge in [-0.15, -0.1) is 0 Å². The number of hydrogen-bond acceptors (Lipinski definition) is 2. The second-order valence-electron chi connectivity index (χ2n) is 6.58. The molecule has 0 amide bonds. The molecule has 1 aliphatic carbocycles. The highest BCUT2D eigenvalue weighted by Crippen LogP contribution is 2.41. The number of thioether (sulfide) groups is 1. The van der Waals surface area contributed by atoms with Crippen LogP contribution in [-0.4, -0.2) is 23.6 Å². The molecule has 0 aromatic heterocycles. The Morgan fingerprint density at radius 3 is 2.65 bits per heavy atom. The van der Waals surface area contributed by atoms with Gasteiger partial charge in [-0.2, -0.15) is 11.8 Å². The lowest BCUT2D eigenvalue weighted by Crippen LogP contribution is -2.51. The van der Waals surface area contributed by atoms with E-state index >= 15 is 0 Å². The molecule has 1 fully saturated rings. The van der Waals surface area contributed by atoms with Crippen molar-refractivity contribution in [1.82, 2.24) is 5.32 Å². The molecule has 2 unspecified atom stereocenters. The van der Waals surface area contributed by atoms with Crippen molar-refractivity contribution >= 4 is 11.8 Å². The molecule has 0 bridgehead atoms. The van der Waals surface area contributed by atoms with E-state index in [1.54, 1.807) is 0 Å². The van der Waals surface area contributed by atoms with Gasteiger partial charge < -0.3 is 5.32 Å². The third-order valence-corrected chi connectivity index (χ3v) is 5.58. The van der Waals surface area contributed by atoms with Gasteiger partial charge >= 0.3 is 0 Å². The molecular weight excluding hydrogens is 226 g/mol. The fourth-order valence-corrected chi connectivity index (χ4v) is 4.41. The van der Waals surface area contributed by atoms with Gasteiger partial charge in [0.2, 0.25) is 0 Å². The summed E-state index contributed by atoms with van der Waals surface area (Å²) in [7, 11) is 0. The summed E-state index contributed by atoms with van der Waals surface area (Å²) in [6.07, 6.45) is 5.44. The molecule has 2 atom stereocenters. The lowest BCUT2D eigenvalue weighted by molar-refractivity contribution is 0.175. The Morgan fingerprint density at radius 2 is 2.06 bits per heavy atom. The molecule has 0 radical (unpaired) electrons. The largest absolute Gasteiger partial charge is 0.312 e. The zero-order chi connectivity index (χ0) is 12.9. The summed E-state index contributed by atoms with van der Waals surface area (Å²) in [5.41, 5.74) is 0.474. The highest BCUT2D eigenvalue weighted by Gasteiger charge is 2.38. The van der Waals surface area contributed by atoms with Gasteiger partial charge in [-0.25, -0.2) is 0 Å². The Bertz CT molecular complexity index is 213. The average Bonchev–Trinajstić information content (AvgIpc) is 2.24. The number of rotatable bonds is 6. The van der Waals surface area contributed by atoms with Crippen molar-refractivity contribution in [3.63, 3.8) is 0 Å². The Balaban J connectivity index is 2.57. The molecule has 1 rings (SSSR count). The molecule has 1 nitrogen and oxygen atoms in total. The van der Waals surface area contributed by atoms with Crippen LogP contribution in [0.5, 0.6) is 0 Å². The van der Waals surface area contributed by atoms with Crippen molar-refractivity contribution in [2.24, 2.45) is 11.3 Å². The molecule has 0 aromatic carbocycles. The van der Waals surface area contributed by atoms with Crippen molar-refractivity contribution < 1.29 is 0 Å². The van der Waals surface area contributed by atoms with Crippen LogP contribution in [0, 0.1) is 11.3 Å². The topological polar surface area (TPSA) is 12.0 Å². The Hall–Kier alpha value is 0.310. The minimum Gasteiger partial charge on any atom is -0.312 e. The van der Waals surface area contributed by atoms with Gasteiger partial charge in [0, 0.05) is 11.3 Å². The van der Waals surface area contributed by atoms with E-state index in [4.69, 9.17) is 0 Å². The summed E-state index contributed by atoms with van der Waals surface area (Å²) in [5.74, 6) is 2.13. The Labute approximate surface area is 113 Å². The third-order valence-electron chi connectivity index (χ3n) is 3.78. The first-order chi connectivity index (χ1) is 7.97. The number of nitrogens with one attached hydrogen (secondary N) is 1. The molecule has 102 valence electrons. The summed E-state index contributed by atoms with van der Waals surface area (Å²) in [6, 6.07) is 0.708. The molecular formula is C15H31NS. The summed E-state index contributed by atoms with van der Waals surface area (Å²) in [4.78, 5) is 0. The molecule has 1 saturated carbocycles. The molecule has 1 aliphatic rings. The summed E-state index contributed by atoms with van der Waals surface area (Å²) < 4.78 is 0. The van der Waals surface area contributed by atoms with Gasteiger partial charge in [-0.3, -0.25) is 0 Å². The second-order valence-corrected chi connectivity index (χ2v) is 7.85. The van der Waals surface area contributed by atoms with Gasteiger partial charge in [0.25, 0.3) is 0 Å². The number of hydrogen-bond donors (Lipinski definition) is 1. The van der Waals surface area contributed by atoms with Crippen LogP contribution in [0.1, 0.15) is 60.3 Å². The predicted octanol–water partition coefficient (Wildman–Crippen LogP) is 4.32. The van der Waals surface area contributed by atoms with Crippen LogP contribution in [0.3, 0.4) is 0 Å². The van der Waals surface area contributed by atoms with Gasteiger partial charge in [-0.1, -0.05) is 41.0 Å². The van der Waals surface area contributed by atoms with E-state index in [0.29, 0.717) is 11.5 Å². The van der Waals surface area contributed by atoms with Crippen LogP contribution in [0.4, 0.5) is 0 Å². The lowest BCUT2D eigenvalue weighted by Gasteiger charge is -2.44.